The lowest BCUT2D eigenvalue weighted by atomic mass is 10.2. The zero-order valence-electron chi connectivity index (χ0n) is 15.1. The van der Waals surface area contributed by atoms with E-state index in [1.807, 2.05) is 19.1 Å². The van der Waals surface area contributed by atoms with Gasteiger partial charge < -0.3 is 5.32 Å². The SMILES string of the molecule is Cc1ccc(SCCCC(=O)Nc2nc3ccc4nc(C)sc4c3s2)cc1. The first-order chi connectivity index (χ1) is 13.1. The molecule has 0 aliphatic carbocycles. The van der Waals surface area contributed by atoms with Crippen molar-refractivity contribution in [2.45, 2.75) is 31.6 Å². The van der Waals surface area contributed by atoms with Crippen molar-refractivity contribution in [3.05, 3.63) is 47.0 Å². The first-order valence-electron chi connectivity index (χ1n) is 8.74. The van der Waals surface area contributed by atoms with Gasteiger partial charge >= 0.3 is 0 Å². The summed E-state index contributed by atoms with van der Waals surface area (Å²) in [6, 6.07) is 12.5. The highest BCUT2D eigenvalue weighted by atomic mass is 32.2. The zero-order chi connectivity index (χ0) is 18.8. The summed E-state index contributed by atoms with van der Waals surface area (Å²) >= 11 is 4.99. The summed E-state index contributed by atoms with van der Waals surface area (Å²) in [6.45, 7) is 4.09. The van der Waals surface area contributed by atoms with E-state index < -0.39 is 0 Å². The van der Waals surface area contributed by atoms with Gasteiger partial charge in [0.1, 0.15) is 0 Å². The van der Waals surface area contributed by atoms with Crippen LogP contribution >= 0.6 is 34.4 Å². The number of carbonyl (C=O) groups excluding carboxylic acids is 1. The Morgan fingerprint density at radius 1 is 1.00 bits per heavy atom. The molecule has 1 amide bonds. The van der Waals surface area contributed by atoms with Crippen molar-refractivity contribution in [1.82, 2.24) is 9.97 Å². The number of thiazole rings is 2. The first kappa shape index (κ1) is 18.4. The smallest absolute Gasteiger partial charge is 0.226 e. The second kappa shape index (κ2) is 7.96. The van der Waals surface area contributed by atoms with Gasteiger partial charge in [0.25, 0.3) is 0 Å². The molecule has 2 heterocycles. The third-order valence-corrected chi connectivity index (χ3v) is 7.34. The van der Waals surface area contributed by atoms with Crippen LogP contribution < -0.4 is 5.32 Å². The number of aryl methyl sites for hydroxylation is 2. The fourth-order valence-electron chi connectivity index (χ4n) is 2.78. The Hall–Kier alpha value is -1.96. The van der Waals surface area contributed by atoms with Crippen LogP contribution in [0.2, 0.25) is 0 Å². The molecule has 4 nitrogen and oxygen atoms in total. The summed E-state index contributed by atoms with van der Waals surface area (Å²) in [7, 11) is 0. The van der Waals surface area contributed by atoms with Crippen molar-refractivity contribution in [3.8, 4) is 0 Å². The van der Waals surface area contributed by atoms with E-state index in [1.165, 1.54) is 21.8 Å². The van der Waals surface area contributed by atoms with Gasteiger partial charge in [-0.3, -0.25) is 4.79 Å². The van der Waals surface area contributed by atoms with E-state index in [9.17, 15) is 4.79 Å². The molecule has 0 aliphatic rings. The number of thioether (sulfide) groups is 1. The molecule has 138 valence electrons. The van der Waals surface area contributed by atoms with Crippen LogP contribution in [0.3, 0.4) is 0 Å². The fourth-order valence-corrected chi connectivity index (χ4v) is 5.65. The number of hydrogen-bond donors (Lipinski definition) is 1. The Bertz CT molecular complexity index is 1100. The monoisotopic (exact) mass is 413 g/mol. The van der Waals surface area contributed by atoms with E-state index >= 15 is 0 Å². The number of rotatable bonds is 6. The van der Waals surface area contributed by atoms with E-state index in [4.69, 9.17) is 0 Å². The average Bonchev–Trinajstić information content (AvgIpc) is 3.22. The predicted molar refractivity (Wildman–Crippen MR) is 117 cm³/mol. The van der Waals surface area contributed by atoms with Gasteiger partial charge in [-0.15, -0.1) is 23.1 Å². The fraction of sp³-hybridized carbons (Fsp3) is 0.250. The van der Waals surface area contributed by atoms with E-state index in [0.717, 1.165) is 37.6 Å². The number of nitrogens with one attached hydrogen (secondary N) is 1. The molecule has 0 radical (unpaired) electrons. The quantitative estimate of drug-likeness (QED) is 0.309. The van der Waals surface area contributed by atoms with Crippen LogP contribution in [0.5, 0.6) is 0 Å². The molecule has 0 atom stereocenters. The summed E-state index contributed by atoms with van der Waals surface area (Å²) in [6.07, 6.45) is 1.34. The van der Waals surface area contributed by atoms with Gasteiger partial charge in [0.2, 0.25) is 5.91 Å². The predicted octanol–water partition coefficient (Wildman–Crippen LogP) is 6.03. The minimum atomic E-state index is 0.0234. The molecule has 4 rings (SSSR count). The molecule has 0 saturated heterocycles. The van der Waals surface area contributed by atoms with Crippen molar-refractivity contribution < 1.29 is 4.79 Å². The minimum absolute atomic E-state index is 0.0234. The molecule has 4 aromatic rings. The average molecular weight is 414 g/mol. The van der Waals surface area contributed by atoms with Crippen molar-refractivity contribution in [2.75, 3.05) is 11.1 Å². The van der Waals surface area contributed by atoms with Crippen LogP contribution in [0, 0.1) is 13.8 Å². The van der Waals surface area contributed by atoms with E-state index in [1.54, 1.807) is 23.1 Å². The zero-order valence-corrected chi connectivity index (χ0v) is 17.6. The minimum Gasteiger partial charge on any atom is -0.302 e. The molecular formula is C20H19N3OS3. The number of hydrogen-bond acceptors (Lipinski definition) is 6. The number of aromatic nitrogens is 2. The maximum atomic E-state index is 12.2. The molecule has 0 spiro atoms. The van der Waals surface area contributed by atoms with Crippen molar-refractivity contribution >= 4 is 65.9 Å². The highest BCUT2D eigenvalue weighted by molar-refractivity contribution is 7.99. The highest BCUT2D eigenvalue weighted by Gasteiger charge is 2.12. The van der Waals surface area contributed by atoms with Crippen molar-refractivity contribution in [1.29, 1.82) is 0 Å². The summed E-state index contributed by atoms with van der Waals surface area (Å²) in [5, 5.41) is 4.66. The lowest BCUT2D eigenvalue weighted by Gasteiger charge is -2.03. The second-order valence-electron chi connectivity index (χ2n) is 6.33. The lowest BCUT2D eigenvalue weighted by Crippen LogP contribution is -2.11. The molecule has 1 N–H and O–H groups in total. The van der Waals surface area contributed by atoms with Crippen molar-refractivity contribution in [3.63, 3.8) is 0 Å². The van der Waals surface area contributed by atoms with Crippen LogP contribution in [-0.4, -0.2) is 21.6 Å². The molecule has 2 aromatic heterocycles. The topological polar surface area (TPSA) is 54.9 Å². The van der Waals surface area contributed by atoms with Crippen LogP contribution in [-0.2, 0) is 4.79 Å². The molecule has 0 saturated carbocycles. The first-order valence-corrected chi connectivity index (χ1v) is 11.4. The molecule has 0 bridgehead atoms. The lowest BCUT2D eigenvalue weighted by molar-refractivity contribution is -0.116. The van der Waals surface area contributed by atoms with Crippen LogP contribution in [0.1, 0.15) is 23.4 Å². The maximum absolute atomic E-state index is 12.2. The van der Waals surface area contributed by atoms with Crippen LogP contribution in [0.15, 0.2) is 41.3 Å². The number of anilines is 1. The van der Waals surface area contributed by atoms with Crippen LogP contribution in [0.4, 0.5) is 5.13 Å². The third kappa shape index (κ3) is 4.31. The molecule has 0 aliphatic heterocycles. The van der Waals surface area contributed by atoms with Crippen LogP contribution in [0.25, 0.3) is 20.4 Å². The number of nitrogens with zero attached hydrogens (tertiary/aromatic N) is 2. The summed E-state index contributed by atoms with van der Waals surface area (Å²) in [5.74, 6) is 0.951. The van der Waals surface area contributed by atoms with Crippen molar-refractivity contribution in [2.24, 2.45) is 0 Å². The Morgan fingerprint density at radius 2 is 1.70 bits per heavy atom. The summed E-state index contributed by atoms with van der Waals surface area (Å²) in [5.41, 5.74) is 3.18. The van der Waals surface area contributed by atoms with Gasteiger partial charge in [-0.05, 0) is 50.3 Å². The Morgan fingerprint density at radius 3 is 2.48 bits per heavy atom. The van der Waals surface area contributed by atoms with E-state index in [-0.39, 0.29) is 5.91 Å². The van der Waals surface area contributed by atoms with Gasteiger partial charge in [-0.2, -0.15) is 0 Å². The van der Waals surface area contributed by atoms with Gasteiger partial charge in [-0.1, -0.05) is 29.0 Å². The van der Waals surface area contributed by atoms with Gasteiger partial charge in [-0.25, -0.2) is 9.97 Å². The molecular weight excluding hydrogens is 394 g/mol. The Kier molecular flexibility index (Phi) is 5.43. The molecule has 2 aromatic carbocycles. The maximum Gasteiger partial charge on any atom is 0.226 e. The molecule has 0 fully saturated rings. The summed E-state index contributed by atoms with van der Waals surface area (Å²) < 4.78 is 2.25. The number of benzene rings is 2. The largest absolute Gasteiger partial charge is 0.302 e. The van der Waals surface area contributed by atoms with E-state index in [2.05, 4.69) is 46.5 Å². The Balaban J connectivity index is 1.33. The molecule has 7 heteroatoms. The summed E-state index contributed by atoms with van der Waals surface area (Å²) in [4.78, 5) is 22.6. The van der Waals surface area contributed by atoms with Gasteiger partial charge in [0, 0.05) is 11.3 Å². The molecule has 0 unspecified atom stereocenters. The third-order valence-electron chi connectivity index (χ3n) is 4.10. The standard InChI is InChI=1S/C20H19N3OS3/c1-12-5-7-14(8-6-12)25-11-3-4-17(24)23-20-22-16-10-9-15-18(19(16)27-20)26-13(2)21-15/h5-10H,3-4,11H2,1-2H3,(H,22,23,24). The highest BCUT2D eigenvalue weighted by Crippen LogP contribution is 2.35. The Labute approximate surface area is 170 Å². The number of carbonyl (C=O) groups is 1. The second-order valence-corrected chi connectivity index (χ2v) is 9.70. The molecule has 27 heavy (non-hydrogen) atoms. The van der Waals surface area contributed by atoms with E-state index in [0.29, 0.717) is 11.6 Å². The van der Waals surface area contributed by atoms with Gasteiger partial charge in [0.15, 0.2) is 5.13 Å². The normalized spacial score (nSPS) is 11.3. The number of amides is 1. The van der Waals surface area contributed by atoms with Gasteiger partial charge in [0.05, 0.1) is 25.4 Å². The number of fused-ring (bicyclic) bond motifs is 3.